The zero-order chi connectivity index (χ0) is 10.9. The molecule has 1 saturated heterocycles. The van der Waals surface area contributed by atoms with Crippen LogP contribution in [0.1, 0.15) is 5.56 Å². The number of rotatable bonds is 3. The Morgan fingerprint density at radius 2 is 2.20 bits per heavy atom. The molecule has 2 nitrogen and oxygen atoms in total. The van der Waals surface area contributed by atoms with E-state index in [0.717, 1.165) is 0 Å². The zero-order valence-corrected chi connectivity index (χ0v) is 8.52. The van der Waals surface area contributed by atoms with Crippen molar-refractivity contribution in [3.63, 3.8) is 0 Å². The Hall–Kier alpha value is -1.16. The van der Waals surface area contributed by atoms with Crippen LogP contribution in [0.4, 0.5) is 8.78 Å². The molecule has 1 aliphatic rings. The lowest BCUT2D eigenvalue weighted by Crippen LogP contribution is -2.57. The first kappa shape index (κ1) is 10.4. The van der Waals surface area contributed by atoms with E-state index in [1.807, 2.05) is 0 Å². The first-order chi connectivity index (χ1) is 7.13. The number of halogens is 2. The van der Waals surface area contributed by atoms with Crippen molar-refractivity contribution in [3.05, 3.63) is 29.6 Å². The summed E-state index contributed by atoms with van der Waals surface area (Å²) in [5.74, 6) is -0.246. The van der Waals surface area contributed by atoms with Crippen LogP contribution < -0.4 is 10.1 Å². The molecule has 82 valence electrons. The lowest BCUT2D eigenvalue weighted by atomic mass is 9.91. The molecule has 0 atom stereocenters. The summed E-state index contributed by atoms with van der Waals surface area (Å²) in [7, 11) is 1.41. The number of benzene rings is 1. The molecule has 2 rings (SSSR count). The average Bonchev–Trinajstić information content (AvgIpc) is 2.16. The largest absolute Gasteiger partial charge is 0.494 e. The van der Waals surface area contributed by atoms with Crippen LogP contribution in [-0.2, 0) is 6.42 Å². The lowest BCUT2D eigenvalue weighted by molar-refractivity contribution is 0.0911. The summed E-state index contributed by atoms with van der Waals surface area (Å²) in [6.45, 7) is 0.696. The molecule has 1 aromatic rings. The Labute approximate surface area is 87.2 Å². The molecular weight excluding hydrogens is 200 g/mol. The molecule has 0 bridgehead atoms. The van der Waals surface area contributed by atoms with Crippen molar-refractivity contribution in [1.82, 2.24) is 5.32 Å². The van der Waals surface area contributed by atoms with Crippen LogP contribution in [0.25, 0.3) is 0 Å². The second-order valence-corrected chi connectivity index (χ2v) is 3.90. The number of hydrogen-bond acceptors (Lipinski definition) is 2. The highest BCUT2D eigenvalue weighted by atomic mass is 19.1. The fraction of sp³-hybridized carbons (Fsp3) is 0.455. The van der Waals surface area contributed by atoms with Crippen molar-refractivity contribution in [2.24, 2.45) is 0 Å². The summed E-state index contributed by atoms with van der Waals surface area (Å²) in [6.07, 6.45) is 0.251. The molecule has 1 fully saturated rings. The number of hydrogen-bond donors (Lipinski definition) is 1. The quantitative estimate of drug-likeness (QED) is 0.825. The SMILES string of the molecule is COc1ccc(CC2(F)CNC2)cc1F. The van der Waals surface area contributed by atoms with E-state index >= 15 is 0 Å². The van der Waals surface area contributed by atoms with E-state index in [1.165, 1.54) is 19.2 Å². The highest BCUT2D eigenvalue weighted by molar-refractivity contribution is 5.30. The van der Waals surface area contributed by atoms with Gasteiger partial charge in [-0.2, -0.15) is 0 Å². The number of ether oxygens (including phenoxy) is 1. The van der Waals surface area contributed by atoms with Gasteiger partial charge in [0.15, 0.2) is 11.6 Å². The summed E-state index contributed by atoms with van der Waals surface area (Å²) < 4.78 is 31.8. The monoisotopic (exact) mass is 213 g/mol. The third-order valence-corrected chi connectivity index (χ3v) is 2.62. The van der Waals surface area contributed by atoms with Gasteiger partial charge in [-0.1, -0.05) is 6.07 Å². The summed E-state index contributed by atoms with van der Waals surface area (Å²) in [6, 6.07) is 4.56. The molecule has 1 aliphatic heterocycles. The number of methoxy groups -OCH3 is 1. The van der Waals surface area contributed by atoms with Crippen molar-refractivity contribution in [2.45, 2.75) is 12.1 Å². The van der Waals surface area contributed by atoms with Crippen LogP contribution >= 0.6 is 0 Å². The minimum Gasteiger partial charge on any atom is -0.494 e. The molecule has 0 spiro atoms. The second kappa shape index (κ2) is 3.77. The van der Waals surface area contributed by atoms with Crippen LogP contribution in [0.15, 0.2) is 18.2 Å². The van der Waals surface area contributed by atoms with Crippen molar-refractivity contribution < 1.29 is 13.5 Å². The fourth-order valence-corrected chi connectivity index (χ4v) is 1.71. The maximum atomic E-state index is 13.7. The Balaban J connectivity index is 2.12. The molecular formula is C11H13F2NO. The van der Waals surface area contributed by atoms with Gasteiger partial charge in [-0.15, -0.1) is 0 Å². The molecule has 0 amide bonds. The summed E-state index contributed by atoms with van der Waals surface area (Å²) in [4.78, 5) is 0. The number of alkyl halides is 1. The average molecular weight is 213 g/mol. The maximum absolute atomic E-state index is 13.7. The van der Waals surface area contributed by atoms with Crippen molar-refractivity contribution in [2.75, 3.05) is 20.2 Å². The molecule has 4 heteroatoms. The molecule has 1 heterocycles. The van der Waals surface area contributed by atoms with Gasteiger partial charge in [0.1, 0.15) is 5.67 Å². The lowest BCUT2D eigenvalue weighted by Gasteiger charge is -2.35. The summed E-state index contributed by atoms with van der Waals surface area (Å²) in [5, 5.41) is 2.87. The van der Waals surface area contributed by atoms with Crippen molar-refractivity contribution in [3.8, 4) is 5.75 Å². The Morgan fingerprint density at radius 1 is 1.47 bits per heavy atom. The highest BCUT2D eigenvalue weighted by Gasteiger charge is 2.36. The van der Waals surface area contributed by atoms with E-state index in [0.29, 0.717) is 18.7 Å². The highest BCUT2D eigenvalue weighted by Crippen LogP contribution is 2.25. The van der Waals surface area contributed by atoms with E-state index in [1.54, 1.807) is 6.07 Å². The van der Waals surface area contributed by atoms with Gasteiger partial charge in [0, 0.05) is 19.5 Å². The molecule has 0 aromatic heterocycles. The molecule has 15 heavy (non-hydrogen) atoms. The van der Waals surface area contributed by atoms with Gasteiger partial charge in [-0.05, 0) is 17.7 Å². The van der Waals surface area contributed by atoms with Gasteiger partial charge in [-0.3, -0.25) is 0 Å². The van der Waals surface area contributed by atoms with E-state index in [9.17, 15) is 8.78 Å². The van der Waals surface area contributed by atoms with E-state index < -0.39 is 11.5 Å². The molecule has 0 saturated carbocycles. The maximum Gasteiger partial charge on any atom is 0.165 e. The molecule has 0 unspecified atom stereocenters. The van der Waals surface area contributed by atoms with E-state index in [4.69, 9.17) is 4.74 Å². The van der Waals surface area contributed by atoms with Gasteiger partial charge < -0.3 is 10.1 Å². The smallest absolute Gasteiger partial charge is 0.165 e. The van der Waals surface area contributed by atoms with Gasteiger partial charge in [0.05, 0.1) is 7.11 Å². The second-order valence-electron chi connectivity index (χ2n) is 3.90. The summed E-state index contributed by atoms with van der Waals surface area (Å²) in [5.41, 5.74) is -0.543. The fourth-order valence-electron chi connectivity index (χ4n) is 1.71. The molecule has 1 aromatic carbocycles. The normalized spacial score (nSPS) is 18.3. The van der Waals surface area contributed by atoms with Crippen molar-refractivity contribution in [1.29, 1.82) is 0 Å². The molecule has 0 aliphatic carbocycles. The van der Waals surface area contributed by atoms with Crippen LogP contribution in [0.2, 0.25) is 0 Å². The summed E-state index contributed by atoms with van der Waals surface area (Å²) >= 11 is 0. The van der Waals surface area contributed by atoms with Crippen LogP contribution in [0, 0.1) is 5.82 Å². The predicted octanol–water partition coefficient (Wildman–Crippen LogP) is 1.69. The van der Waals surface area contributed by atoms with E-state index in [-0.39, 0.29) is 12.2 Å². The van der Waals surface area contributed by atoms with Crippen LogP contribution in [0.5, 0.6) is 5.75 Å². The number of nitrogens with one attached hydrogen (secondary N) is 1. The third kappa shape index (κ3) is 2.09. The zero-order valence-electron chi connectivity index (χ0n) is 8.52. The topological polar surface area (TPSA) is 21.3 Å². The Kier molecular flexibility index (Phi) is 2.61. The van der Waals surface area contributed by atoms with Gasteiger partial charge >= 0.3 is 0 Å². The van der Waals surface area contributed by atoms with Gasteiger partial charge in [0.25, 0.3) is 0 Å². The van der Waals surface area contributed by atoms with E-state index in [2.05, 4.69) is 5.32 Å². The molecule has 1 N–H and O–H groups in total. The minimum atomic E-state index is -1.21. The molecule has 0 radical (unpaired) electrons. The third-order valence-electron chi connectivity index (χ3n) is 2.62. The first-order valence-corrected chi connectivity index (χ1v) is 4.85. The Bertz CT molecular complexity index is 364. The van der Waals surface area contributed by atoms with Crippen molar-refractivity contribution >= 4 is 0 Å². The van der Waals surface area contributed by atoms with Crippen LogP contribution in [0.3, 0.4) is 0 Å². The Morgan fingerprint density at radius 3 is 2.67 bits per heavy atom. The first-order valence-electron chi connectivity index (χ1n) is 4.85. The van der Waals surface area contributed by atoms with Crippen LogP contribution in [-0.4, -0.2) is 25.9 Å². The van der Waals surface area contributed by atoms with Gasteiger partial charge in [0.2, 0.25) is 0 Å². The standard InChI is InChI=1S/C11H13F2NO/c1-15-10-3-2-8(4-9(10)12)5-11(13)6-14-7-11/h2-4,14H,5-7H2,1H3. The van der Waals surface area contributed by atoms with Gasteiger partial charge in [-0.25, -0.2) is 8.78 Å². The minimum absolute atomic E-state index is 0.193. The predicted molar refractivity (Wildman–Crippen MR) is 53.4 cm³/mol.